The Labute approximate surface area is 209 Å². The third kappa shape index (κ3) is 5.38. The number of para-hydroxylation sites is 1. The van der Waals surface area contributed by atoms with Crippen molar-refractivity contribution in [3.63, 3.8) is 0 Å². The first kappa shape index (κ1) is 23.7. The summed E-state index contributed by atoms with van der Waals surface area (Å²) in [6.45, 7) is 0.454. The largest absolute Gasteiger partial charge is 0.497 e. The monoisotopic (exact) mass is 493 g/mol. The van der Waals surface area contributed by atoms with E-state index < -0.39 is 6.04 Å². The van der Waals surface area contributed by atoms with Crippen molar-refractivity contribution in [3.05, 3.63) is 89.4 Å². The molecule has 1 unspecified atom stereocenters. The van der Waals surface area contributed by atoms with E-state index in [0.717, 1.165) is 17.0 Å². The number of methoxy groups -OCH3 is 1. The normalized spacial score (nSPS) is 15.4. The molecule has 0 aromatic heterocycles. The van der Waals surface area contributed by atoms with E-state index in [1.54, 1.807) is 36.3 Å². The molecule has 1 saturated heterocycles. The average Bonchev–Trinajstić information content (AvgIpc) is 3.15. The highest BCUT2D eigenvalue weighted by molar-refractivity contribution is 7.80. The summed E-state index contributed by atoms with van der Waals surface area (Å²) in [5.74, 6) is 0.197. The SMILES string of the molecule is COc1ccc(NC(=S)N(CCc2ccc(Cl)cc2)C2CC(=O)N(c3ccccc3)C2=O)cc1. The Balaban J connectivity index is 1.57. The zero-order valence-corrected chi connectivity index (χ0v) is 20.2. The minimum atomic E-state index is -0.696. The van der Waals surface area contributed by atoms with Gasteiger partial charge in [0.25, 0.3) is 5.91 Å². The van der Waals surface area contributed by atoms with E-state index >= 15 is 0 Å². The zero-order chi connectivity index (χ0) is 24.1. The van der Waals surface area contributed by atoms with Gasteiger partial charge in [0.05, 0.1) is 19.2 Å². The lowest BCUT2D eigenvalue weighted by molar-refractivity contribution is -0.122. The second-order valence-corrected chi connectivity index (χ2v) is 8.67. The van der Waals surface area contributed by atoms with Gasteiger partial charge in [-0.1, -0.05) is 41.9 Å². The van der Waals surface area contributed by atoms with Gasteiger partial charge in [-0.2, -0.15) is 0 Å². The van der Waals surface area contributed by atoms with E-state index in [-0.39, 0.29) is 18.2 Å². The molecule has 0 spiro atoms. The van der Waals surface area contributed by atoms with Crippen LogP contribution >= 0.6 is 23.8 Å². The number of anilines is 2. The van der Waals surface area contributed by atoms with Gasteiger partial charge < -0.3 is 15.0 Å². The Bertz CT molecular complexity index is 1170. The van der Waals surface area contributed by atoms with Crippen molar-refractivity contribution in [3.8, 4) is 5.75 Å². The molecule has 0 bridgehead atoms. The van der Waals surface area contributed by atoms with Crippen LogP contribution in [0.2, 0.25) is 5.02 Å². The molecule has 0 radical (unpaired) electrons. The van der Waals surface area contributed by atoms with Crippen LogP contribution in [0.5, 0.6) is 5.75 Å². The van der Waals surface area contributed by atoms with E-state index in [0.29, 0.717) is 28.8 Å². The van der Waals surface area contributed by atoms with Crippen LogP contribution in [0.15, 0.2) is 78.9 Å². The fourth-order valence-electron chi connectivity index (χ4n) is 3.88. The number of hydrogen-bond acceptors (Lipinski definition) is 4. The van der Waals surface area contributed by atoms with Crippen molar-refractivity contribution in [2.75, 3.05) is 23.9 Å². The van der Waals surface area contributed by atoms with Gasteiger partial charge in [-0.3, -0.25) is 9.59 Å². The van der Waals surface area contributed by atoms with E-state index in [4.69, 9.17) is 28.6 Å². The Morgan fingerprint density at radius 3 is 2.38 bits per heavy atom. The highest BCUT2D eigenvalue weighted by atomic mass is 35.5. The summed E-state index contributed by atoms with van der Waals surface area (Å²) >= 11 is 11.7. The molecule has 1 N–H and O–H groups in total. The molecule has 2 amide bonds. The Kier molecular flexibility index (Phi) is 7.45. The molecule has 34 heavy (non-hydrogen) atoms. The number of amides is 2. The maximum atomic E-state index is 13.4. The van der Waals surface area contributed by atoms with Crippen molar-refractivity contribution in [2.45, 2.75) is 18.9 Å². The van der Waals surface area contributed by atoms with Crippen LogP contribution in [0.25, 0.3) is 0 Å². The molecule has 0 aliphatic carbocycles. The quantitative estimate of drug-likeness (QED) is 0.372. The summed E-state index contributed by atoms with van der Waals surface area (Å²) in [5, 5.41) is 4.24. The standard InChI is InChI=1S/C26H24ClN3O3S/c1-33-22-13-11-20(12-14-22)28-26(34)29(16-15-18-7-9-19(27)10-8-18)23-17-24(31)30(25(23)32)21-5-3-2-4-6-21/h2-14,23H,15-17H2,1H3,(H,28,34). The number of thiocarbonyl (C=S) groups is 1. The first-order valence-corrected chi connectivity index (χ1v) is 11.6. The molecule has 1 heterocycles. The Morgan fingerprint density at radius 2 is 1.74 bits per heavy atom. The summed E-state index contributed by atoms with van der Waals surface area (Å²) in [7, 11) is 1.60. The highest BCUT2D eigenvalue weighted by Crippen LogP contribution is 2.27. The van der Waals surface area contributed by atoms with Gasteiger partial charge in [0.15, 0.2) is 5.11 Å². The van der Waals surface area contributed by atoms with Gasteiger partial charge in [-0.05, 0) is 72.7 Å². The van der Waals surface area contributed by atoms with Gasteiger partial charge in [0.1, 0.15) is 11.8 Å². The first-order chi connectivity index (χ1) is 16.5. The number of rotatable bonds is 7. The Morgan fingerprint density at radius 1 is 1.06 bits per heavy atom. The molecular formula is C26H24ClN3O3S. The van der Waals surface area contributed by atoms with E-state index in [2.05, 4.69) is 5.32 Å². The number of carbonyl (C=O) groups excluding carboxylic acids is 2. The van der Waals surface area contributed by atoms with Gasteiger partial charge >= 0.3 is 0 Å². The molecule has 3 aromatic rings. The molecule has 1 aliphatic rings. The van der Waals surface area contributed by atoms with Crippen LogP contribution in [0.1, 0.15) is 12.0 Å². The summed E-state index contributed by atoms with van der Waals surface area (Å²) < 4.78 is 5.21. The topological polar surface area (TPSA) is 61.9 Å². The summed E-state index contributed by atoms with van der Waals surface area (Å²) in [6, 6.07) is 23.2. The number of halogens is 1. The number of nitrogens with zero attached hydrogens (tertiary/aromatic N) is 2. The van der Waals surface area contributed by atoms with Crippen LogP contribution in [0.3, 0.4) is 0 Å². The molecule has 8 heteroatoms. The van der Waals surface area contributed by atoms with Crippen LogP contribution in [-0.2, 0) is 16.0 Å². The lowest BCUT2D eigenvalue weighted by atomic mass is 10.1. The number of nitrogens with one attached hydrogen (secondary N) is 1. The van der Waals surface area contributed by atoms with Crippen molar-refractivity contribution < 1.29 is 14.3 Å². The second-order valence-electron chi connectivity index (χ2n) is 7.85. The number of benzene rings is 3. The predicted octanol–water partition coefficient (Wildman–Crippen LogP) is 4.92. The minimum absolute atomic E-state index is 0.0543. The fourth-order valence-corrected chi connectivity index (χ4v) is 4.34. The fraction of sp³-hybridized carbons (Fsp3) is 0.192. The third-order valence-electron chi connectivity index (χ3n) is 5.67. The van der Waals surface area contributed by atoms with Crippen molar-refractivity contribution in [2.24, 2.45) is 0 Å². The lowest BCUT2D eigenvalue weighted by Crippen LogP contribution is -2.48. The molecule has 3 aromatic carbocycles. The number of ether oxygens (including phenoxy) is 1. The molecule has 4 rings (SSSR count). The molecule has 0 saturated carbocycles. The third-order valence-corrected chi connectivity index (χ3v) is 6.26. The van der Waals surface area contributed by atoms with Crippen LogP contribution in [0.4, 0.5) is 11.4 Å². The van der Waals surface area contributed by atoms with E-state index in [1.807, 2.05) is 54.6 Å². The van der Waals surface area contributed by atoms with Crippen LogP contribution < -0.4 is 15.0 Å². The van der Waals surface area contributed by atoms with Gasteiger partial charge in [-0.25, -0.2) is 4.90 Å². The van der Waals surface area contributed by atoms with E-state index in [9.17, 15) is 9.59 Å². The summed E-state index contributed by atoms with van der Waals surface area (Å²) in [6.07, 6.45) is 0.684. The van der Waals surface area contributed by atoms with Crippen molar-refractivity contribution in [1.29, 1.82) is 0 Å². The number of carbonyl (C=O) groups is 2. The maximum Gasteiger partial charge on any atom is 0.257 e. The number of hydrogen-bond donors (Lipinski definition) is 1. The van der Waals surface area contributed by atoms with E-state index in [1.165, 1.54) is 4.90 Å². The zero-order valence-electron chi connectivity index (χ0n) is 18.6. The second kappa shape index (κ2) is 10.7. The minimum Gasteiger partial charge on any atom is -0.497 e. The van der Waals surface area contributed by atoms with Gasteiger partial charge in [0, 0.05) is 17.3 Å². The smallest absolute Gasteiger partial charge is 0.257 e. The van der Waals surface area contributed by atoms with Crippen molar-refractivity contribution >= 4 is 52.1 Å². The summed E-state index contributed by atoms with van der Waals surface area (Å²) in [4.78, 5) is 29.3. The first-order valence-electron chi connectivity index (χ1n) is 10.8. The lowest BCUT2D eigenvalue weighted by Gasteiger charge is -2.30. The molecule has 1 aliphatic heterocycles. The number of imide groups is 1. The maximum absolute atomic E-state index is 13.4. The van der Waals surface area contributed by atoms with Crippen molar-refractivity contribution in [1.82, 2.24) is 4.90 Å². The predicted molar refractivity (Wildman–Crippen MR) is 138 cm³/mol. The molecular weight excluding hydrogens is 470 g/mol. The molecule has 6 nitrogen and oxygen atoms in total. The molecule has 174 valence electrons. The summed E-state index contributed by atoms with van der Waals surface area (Å²) in [5.41, 5.74) is 2.38. The van der Waals surface area contributed by atoms with Gasteiger partial charge in [-0.15, -0.1) is 0 Å². The molecule has 1 atom stereocenters. The van der Waals surface area contributed by atoms with Crippen LogP contribution in [0, 0.1) is 0 Å². The molecule has 1 fully saturated rings. The van der Waals surface area contributed by atoms with Gasteiger partial charge in [0.2, 0.25) is 5.91 Å². The average molecular weight is 494 g/mol. The highest BCUT2D eigenvalue weighted by Gasteiger charge is 2.43. The Hall–Kier alpha value is -3.42. The van der Waals surface area contributed by atoms with Crippen LogP contribution in [-0.4, -0.2) is 41.5 Å².